The fourth-order valence-electron chi connectivity index (χ4n) is 1.59. The molecular weight excluding hydrogens is 244 g/mol. The lowest BCUT2D eigenvalue weighted by atomic mass is 10.1. The van der Waals surface area contributed by atoms with Gasteiger partial charge in [0.05, 0.1) is 0 Å². The van der Waals surface area contributed by atoms with E-state index in [-0.39, 0.29) is 0 Å². The van der Waals surface area contributed by atoms with Crippen LogP contribution < -0.4 is 11.1 Å². The van der Waals surface area contributed by atoms with Gasteiger partial charge in [-0.25, -0.2) is 9.59 Å². The Morgan fingerprint density at radius 3 is 2.32 bits per heavy atom. The van der Waals surface area contributed by atoms with Crippen LogP contribution in [-0.4, -0.2) is 23.6 Å². The highest BCUT2D eigenvalue weighted by atomic mass is 16.6. The molecule has 0 aromatic heterocycles. The molecule has 1 atom stereocenters. The lowest BCUT2D eigenvalue weighted by Gasteiger charge is -2.24. The fraction of sp³-hybridized carbons (Fsp3) is 0.429. The number of esters is 1. The van der Waals surface area contributed by atoms with Crippen LogP contribution in [0.15, 0.2) is 30.3 Å². The van der Waals surface area contributed by atoms with Crippen LogP contribution in [0.3, 0.4) is 0 Å². The molecule has 0 unspecified atom stereocenters. The first-order valence-electron chi connectivity index (χ1n) is 6.11. The van der Waals surface area contributed by atoms with E-state index >= 15 is 0 Å². The molecule has 2 amide bonds. The molecule has 104 valence electrons. The molecule has 0 bridgehead atoms. The van der Waals surface area contributed by atoms with Gasteiger partial charge in [0.25, 0.3) is 0 Å². The predicted molar refractivity (Wildman–Crippen MR) is 72.5 cm³/mol. The lowest BCUT2D eigenvalue weighted by Crippen LogP contribution is -2.47. The van der Waals surface area contributed by atoms with Gasteiger partial charge in [-0.2, -0.15) is 0 Å². The maximum atomic E-state index is 12.0. The van der Waals surface area contributed by atoms with Gasteiger partial charge in [0.15, 0.2) is 0 Å². The van der Waals surface area contributed by atoms with Gasteiger partial charge >= 0.3 is 12.0 Å². The average molecular weight is 264 g/mol. The number of carbonyl (C=O) groups is 2. The molecule has 0 saturated carbocycles. The number of rotatable bonds is 4. The molecule has 1 aromatic rings. The topological polar surface area (TPSA) is 81.4 Å². The zero-order valence-electron chi connectivity index (χ0n) is 11.5. The molecule has 0 heterocycles. The quantitative estimate of drug-likeness (QED) is 0.810. The number of ether oxygens (including phenoxy) is 1. The molecule has 1 aromatic carbocycles. The van der Waals surface area contributed by atoms with Crippen molar-refractivity contribution in [3.8, 4) is 0 Å². The predicted octanol–water partition coefficient (Wildman–Crippen LogP) is 1.61. The van der Waals surface area contributed by atoms with Crippen molar-refractivity contribution in [3.05, 3.63) is 35.9 Å². The number of benzene rings is 1. The molecule has 5 nitrogen and oxygen atoms in total. The van der Waals surface area contributed by atoms with Gasteiger partial charge in [0.2, 0.25) is 0 Å². The smallest absolute Gasteiger partial charge is 0.329 e. The van der Waals surface area contributed by atoms with Gasteiger partial charge in [-0.15, -0.1) is 0 Å². The van der Waals surface area contributed by atoms with Crippen molar-refractivity contribution in [3.63, 3.8) is 0 Å². The number of primary amides is 1. The molecular formula is C14H20N2O3. The summed E-state index contributed by atoms with van der Waals surface area (Å²) in [7, 11) is 0. The number of urea groups is 1. The maximum Gasteiger partial charge on any atom is 0.329 e. The van der Waals surface area contributed by atoms with E-state index < -0.39 is 23.6 Å². The minimum atomic E-state index is -0.779. The molecule has 5 heteroatoms. The van der Waals surface area contributed by atoms with Gasteiger partial charge in [-0.3, -0.25) is 0 Å². The highest BCUT2D eigenvalue weighted by Crippen LogP contribution is 2.11. The van der Waals surface area contributed by atoms with Crippen LogP contribution in [0.5, 0.6) is 0 Å². The van der Waals surface area contributed by atoms with E-state index in [9.17, 15) is 9.59 Å². The lowest BCUT2D eigenvalue weighted by molar-refractivity contribution is -0.157. The highest BCUT2D eigenvalue weighted by molar-refractivity contribution is 5.83. The molecule has 0 aliphatic heterocycles. The third-order valence-electron chi connectivity index (χ3n) is 2.29. The van der Waals surface area contributed by atoms with Crippen LogP contribution >= 0.6 is 0 Å². The molecule has 3 N–H and O–H groups in total. The molecule has 0 aliphatic carbocycles. The van der Waals surface area contributed by atoms with Crippen molar-refractivity contribution < 1.29 is 14.3 Å². The Balaban J connectivity index is 2.77. The Kier molecular flexibility index (Phi) is 4.92. The van der Waals surface area contributed by atoms with E-state index in [4.69, 9.17) is 10.5 Å². The minimum Gasteiger partial charge on any atom is -0.458 e. The second kappa shape index (κ2) is 6.22. The van der Waals surface area contributed by atoms with Crippen molar-refractivity contribution in [1.82, 2.24) is 5.32 Å². The van der Waals surface area contributed by atoms with E-state index in [0.717, 1.165) is 5.56 Å². The van der Waals surface area contributed by atoms with E-state index in [1.807, 2.05) is 30.3 Å². The normalized spacial score (nSPS) is 12.6. The highest BCUT2D eigenvalue weighted by Gasteiger charge is 2.26. The first-order valence-corrected chi connectivity index (χ1v) is 6.11. The van der Waals surface area contributed by atoms with Crippen LogP contribution in [0.1, 0.15) is 26.3 Å². The summed E-state index contributed by atoms with van der Waals surface area (Å²) in [6.07, 6.45) is 0.346. The van der Waals surface area contributed by atoms with Gasteiger partial charge in [0, 0.05) is 6.42 Å². The van der Waals surface area contributed by atoms with E-state index in [0.29, 0.717) is 6.42 Å². The summed E-state index contributed by atoms with van der Waals surface area (Å²) in [6.45, 7) is 5.32. The molecule has 19 heavy (non-hydrogen) atoms. The molecule has 0 aliphatic rings. The zero-order chi connectivity index (χ0) is 14.5. The van der Waals surface area contributed by atoms with E-state index in [1.165, 1.54) is 0 Å². The van der Waals surface area contributed by atoms with Gasteiger partial charge in [-0.05, 0) is 26.3 Å². The molecule has 0 radical (unpaired) electrons. The standard InChI is InChI=1S/C14H20N2O3/c1-14(2,3)19-12(17)11(16-13(15)18)9-10-7-5-4-6-8-10/h4-8,11H,9H2,1-3H3,(H3,15,16,18)/t11-/m1/s1. The Morgan fingerprint density at radius 2 is 1.84 bits per heavy atom. The van der Waals surface area contributed by atoms with Crippen LogP contribution in [-0.2, 0) is 16.0 Å². The third kappa shape index (κ3) is 5.90. The Labute approximate surface area is 113 Å². The summed E-state index contributed by atoms with van der Waals surface area (Å²) in [5.41, 5.74) is 5.41. The monoisotopic (exact) mass is 264 g/mol. The molecule has 0 saturated heterocycles. The largest absolute Gasteiger partial charge is 0.458 e. The summed E-state index contributed by atoms with van der Waals surface area (Å²) < 4.78 is 5.26. The second-order valence-corrected chi connectivity index (χ2v) is 5.28. The summed E-state index contributed by atoms with van der Waals surface area (Å²) >= 11 is 0. The number of nitrogens with two attached hydrogens (primary N) is 1. The van der Waals surface area contributed by atoms with Crippen LogP contribution in [0.25, 0.3) is 0 Å². The van der Waals surface area contributed by atoms with Crippen molar-refractivity contribution in [2.24, 2.45) is 5.73 Å². The minimum absolute atomic E-state index is 0.346. The SMILES string of the molecule is CC(C)(C)OC(=O)[C@@H](Cc1ccccc1)NC(N)=O. The van der Waals surface area contributed by atoms with Crippen molar-refractivity contribution in [2.75, 3.05) is 0 Å². The summed E-state index contributed by atoms with van der Waals surface area (Å²) in [5, 5.41) is 2.42. The second-order valence-electron chi connectivity index (χ2n) is 5.28. The summed E-state index contributed by atoms with van der Waals surface area (Å²) in [4.78, 5) is 23.0. The Bertz CT molecular complexity index is 438. The van der Waals surface area contributed by atoms with Crippen molar-refractivity contribution in [2.45, 2.75) is 38.8 Å². The first-order chi connectivity index (χ1) is 8.78. The number of amides is 2. The van der Waals surface area contributed by atoms with Crippen LogP contribution in [0.4, 0.5) is 4.79 Å². The van der Waals surface area contributed by atoms with Crippen molar-refractivity contribution >= 4 is 12.0 Å². The van der Waals surface area contributed by atoms with Crippen LogP contribution in [0, 0.1) is 0 Å². The Morgan fingerprint density at radius 1 is 1.26 bits per heavy atom. The van der Waals surface area contributed by atoms with Crippen molar-refractivity contribution in [1.29, 1.82) is 0 Å². The number of carbonyl (C=O) groups excluding carboxylic acids is 2. The average Bonchev–Trinajstić information content (AvgIpc) is 2.26. The van der Waals surface area contributed by atoms with Crippen LogP contribution in [0.2, 0.25) is 0 Å². The van der Waals surface area contributed by atoms with E-state index in [2.05, 4.69) is 5.32 Å². The summed E-state index contributed by atoms with van der Waals surface area (Å²) in [6, 6.07) is 7.84. The fourth-order valence-corrected chi connectivity index (χ4v) is 1.59. The summed E-state index contributed by atoms with van der Waals surface area (Å²) in [5.74, 6) is -0.491. The van der Waals surface area contributed by atoms with Gasteiger partial charge < -0.3 is 15.8 Å². The molecule has 1 rings (SSSR count). The van der Waals surface area contributed by atoms with Gasteiger partial charge in [0.1, 0.15) is 11.6 Å². The van der Waals surface area contributed by atoms with Gasteiger partial charge in [-0.1, -0.05) is 30.3 Å². The zero-order valence-corrected chi connectivity index (χ0v) is 11.5. The molecule has 0 spiro atoms. The number of hydrogen-bond acceptors (Lipinski definition) is 3. The number of nitrogens with one attached hydrogen (secondary N) is 1. The maximum absolute atomic E-state index is 12.0. The third-order valence-corrected chi connectivity index (χ3v) is 2.29. The Hall–Kier alpha value is -2.04. The number of hydrogen-bond donors (Lipinski definition) is 2. The van der Waals surface area contributed by atoms with E-state index in [1.54, 1.807) is 20.8 Å². The first kappa shape index (κ1) is 15.0. The molecule has 0 fully saturated rings.